The van der Waals surface area contributed by atoms with Gasteiger partial charge in [-0.25, -0.2) is 0 Å². The molecule has 0 aromatic heterocycles. The Hall–Kier alpha value is -1.23. The van der Waals surface area contributed by atoms with Crippen molar-refractivity contribution in [1.82, 2.24) is 0 Å². The van der Waals surface area contributed by atoms with Crippen LogP contribution in [0.5, 0.6) is 5.75 Å². The smallest absolute Gasteiger partial charge is 0.321 e. The van der Waals surface area contributed by atoms with Gasteiger partial charge >= 0.3 is 5.97 Å². The van der Waals surface area contributed by atoms with E-state index in [0.29, 0.717) is 6.54 Å². The fourth-order valence-corrected chi connectivity index (χ4v) is 1.69. The molecular weight excluding hydrogens is 298 g/mol. The number of alkyl halides is 1. The summed E-state index contributed by atoms with van der Waals surface area (Å²) in [5.74, 6) is 0.543. The van der Waals surface area contributed by atoms with Crippen LogP contribution in [0, 0.1) is 0 Å². The second-order valence-corrected chi connectivity index (χ2v) is 5.17. The molecule has 0 aliphatic rings. The highest BCUT2D eigenvalue weighted by Crippen LogP contribution is 2.17. The van der Waals surface area contributed by atoms with Crippen LogP contribution >= 0.6 is 15.9 Å². The van der Waals surface area contributed by atoms with Gasteiger partial charge in [-0.3, -0.25) is 4.79 Å². The van der Waals surface area contributed by atoms with E-state index in [1.807, 2.05) is 38.1 Å². The molecule has 1 aromatic carbocycles. The number of hydrogen-bond acceptors (Lipinski definition) is 4. The van der Waals surface area contributed by atoms with Crippen LogP contribution in [0.2, 0.25) is 0 Å². The van der Waals surface area contributed by atoms with Crippen LogP contribution in [-0.4, -0.2) is 30.6 Å². The Morgan fingerprint density at radius 1 is 1.33 bits per heavy atom. The summed E-state index contributed by atoms with van der Waals surface area (Å²) in [5, 5.41) is 3.14. The highest BCUT2D eigenvalue weighted by Gasteiger charge is 2.14. The molecule has 1 aromatic rings. The molecule has 0 fully saturated rings. The SMILES string of the molecule is COC(=O)C(Br)CNc1ccc(OC(C)C)cc1. The van der Waals surface area contributed by atoms with Gasteiger partial charge in [-0.05, 0) is 38.1 Å². The molecule has 5 heteroatoms. The van der Waals surface area contributed by atoms with Crippen molar-refractivity contribution in [3.63, 3.8) is 0 Å². The summed E-state index contributed by atoms with van der Waals surface area (Å²) in [7, 11) is 1.37. The lowest BCUT2D eigenvalue weighted by atomic mass is 10.3. The Balaban J connectivity index is 2.46. The standard InChI is InChI=1S/C13H18BrNO3/c1-9(2)18-11-6-4-10(5-7-11)15-8-12(14)13(16)17-3/h4-7,9,12,15H,8H2,1-3H3. The van der Waals surface area contributed by atoms with Gasteiger partial charge in [-0.1, -0.05) is 15.9 Å². The second-order valence-electron chi connectivity index (χ2n) is 4.06. The van der Waals surface area contributed by atoms with E-state index in [4.69, 9.17) is 4.74 Å². The Kier molecular flexibility index (Phi) is 5.98. The Labute approximate surface area is 116 Å². The van der Waals surface area contributed by atoms with E-state index in [1.165, 1.54) is 7.11 Å². The lowest BCUT2D eigenvalue weighted by Crippen LogP contribution is -2.24. The maximum absolute atomic E-state index is 11.2. The minimum absolute atomic E-state index is 0.162. The highest BCUT2D eigenvalue weighted by molar-refractivity contribution is 9.10. The van der Waals surface area contributed by atoms with Gasteiger partial charge in [0.2, 0.25) is 0 Å². The van der Waals surface area contributed by atoms with Crippen molar-refractivity contribution in [3.8, 4) is 5.75 Å². The van der Waals surface area contributed by atoms with Crippen LogP contribution in [-0.2, 0) is 9.53 Å². The predicted molar refractivity (Wildman–Crippen MR) is 75.4 cm³/mol. The maximum Gasteiger partial charge on any atom is 0.321 e. The first kappa shape index (κ1) is 14.8. The molecule has 0 spiro atoms. The quantitative estimate of drug-likeness (QED) is 0.648. The predicted octanol–water partition coefficient (Wildman–Crippen LogP) is 2.82. The monoisotopic (exact) mass is 315 g/mol. The number of esters is 1. The van der Waals surface area contributed by atoms with Crippen LogP contribution in [0.4, 0.5) is 5.69 Å². The van der Waals surface area contributed by atoms with Gasteiger partial charge in [0.1, 0.15) is 10.6 Å². The zero-order chi connectivity index (χ0) is 13.5. The summed E-state index contributed by atoms with van der Waals surface area (Å²) in [6.45, 7) is 4.44. The normalized spacial score (nSPS) is 12.1. The first-order valence-electron chi connectivity index (χ1n) is 5.75. The summed E-state index contributed by atoms with van der Waals surface area (Å²) < 4.78 is 10.2. The van der Waals surface area contributed by atoms with Crippen LogP contribution in [0.3, 0.4) is 0 Å². The third kappa shape index (κ3) is 4.96. The summed E-state index contributed by atoms with van der Waals surface area (Å²) >= 11 is 3.25. The number of anilines is 1. The van der Waals surface area contributed by atoms with Crippen molar-refractivity contribution in [2.24, 2.45) is 0 Å². The molecule has 0 saturated heterocycles. The number of hydrogen-bond donors (Lipinski definition) is 1. The van der Waals surface area contributed by atoms with E-state index >= 15 is 0 Å². The van der Waals surface area contributed by atoms with E-state index in [9.17, 15) is 4.79 Å². The number of rotatable bonds is 6. The molecule has 0 heterocycles. The van der Waals surface area contributed by atoms with Crippen molar-refractivity contribution in [3.05, 3.63) is 24.3 Å². The van der Waals surface area contributed by atoms with Crippen molar-refractivity contribution < 1.29 is 14.3 Å². The van der Waals surface area contributed by atoms with Crippen LogP contribution in [0.25, 0.3) is 0 Å². The van der Waals surface area contributed by atoms with Crippen LogP contribution in [0.1, 0.15) is 13.8 Å². The minimum atomic E-state index is -0.353. The number of carbonyl (C=O) groups excluding carboxylic acids is 1. The number of ether oxygens (including phenoxy) is 2. The lowest BCUT2D eigenvalue weighted by molar-refractivity contribution is -0.139. The summed E-state index contributed by atoms with van der Waals surface area (Å²) in [6, 6.07) is 7.61. The first-order valence-corrected chi connectivity index (χ1v) is 6.67. The van der Waals surface area contributed by atoms with Gasteiger partial charge in [-0.2, -0.15) is 0 Å². The minimum Gasteiger partial charge on any atom is -0.491 e. The van der Waals surface area contributed by atoms with E-state index in [1.54, 1.807) is 0 Å². The Bertz CT molecular complexity index is 378. The fourth-order valence-electron chi connectivity index (χ4n) is 1.34. The number of halogens is 1. The largest absolute Gasteiger partial charge is 0.491 e. The summed E-state index contributed by atoms with van der Waals surface area (Å²) in [5.41, 5.74) is 0.930. The number of carbonyl (C=O) groups is 1. The number of nitrogens with one attached hydrogen (secondary N) is 1. The van der Waals surface area contributed by atoms with Gasteiger partial charge in [0, 0.05) is 12.2 Å². The second kappa shape index (κ2) is 7.26. The maximum atomic E-state index is 11.2. The van der Waals surface area contributed by atoms with Gasteiger partial charge in [0.05, 0.1) is 13.2 Å². The molecule has 1 rings (SSSR count). The van der Waals surface area contributed by atoms with Crippen LogP contribution < -0.4 is 10.1 Å². The molecule has 1 unspecified atom stereocenters. The number of benzene rings is 1. The third-order valence-corrected chi connectivity index (χ3v) is 2.87. The Morgan fingerprint density at radius 2 is 1.94 bits per heavy atom. The van der Waals surface area contributed by atoms with Crippen molar-refractivity contribution in [2.45, 2.75) is 24.8 Å². The highest BCUT2D eigenvalue weighted by atomic mass is 79.9. The Morgan fingerprint density at radius 3 is 2.44 bits per heavy atom. The average Bonchev–Trinajstić information content (AvgIpc) is 2.36. The molecule has 0 bridgehead atoms. The first-order chi connectivity index (χ1) is 8.52. The number of methoxy groups -OCH3 is 1. The summed E-state index contributed by atoms with van der Waals surface area (Å²) in [4.78, 5) is 10.8. The molecule has 18 heavy (non-hydrogen) atoms. The molecule has 0 saturated carbocycles. The lowest BCUT2D eigenvalue weighted by Gasteiger charge is -2.12. The van der Waals surface area contributed by atoms with Gasteiger partial charge < -0.3 is 14.8 Å². The molecule has 1 N–H and O–H groups in total. The zero-order valence-electron chi connectivity index (χ0n) is 10.8. The zero-order valence-corrected chi connectivity index (χ0v) is 12.4. The topological polar surface area (TPSA) is 47.6 Å². The van der Waals surface area contributed by atoms with Crippen molar-refractivity contribution in [1.29, 1.82) is 0 Å². The molecule has 0 radical (unpaired) electrons. The molecule has 100 valence electrons. The van der Waals surface area contributed by atoms with Gasteiger partial charge in [-0.15, -0.1) is 0 Å². The van der Waals surface area contributed by atoms with Crippen molar-refractivity contribution >= 4 is 27.6 Å². The molecular formula is C13H18BrNO3. The molecule has 0 aliphatic heterocycles. The van der Waals surface area contributed by atoms with Crippen molar-refractivity contribution in [2.75, 3.05) is 19.0 Å². The molecule has 0 amide bonds. The van der Waals surface area contributed by atoms with E-state index in [2.05, 4.69) is 26.0 Å². The third-order valence-electron chi connectivity index (χ3n) is 2.17. The average molecular weight is 316 g/mol. The van der Waals surface area contributed by atoms with E-state index < -0.39 is 0 Å². The van der Waals surface area contributed by atoms with E-state index in [-0.39, 0.29) is 16.9 Å². The molecule has 1 atom stereocenters. The van der Waals surface area contributed by atoms with Gasteiger partial charge in [0.15, 0.2) is 0 Å². The molecule has 0 aliphatic carbocycles. The fraction of sp³-hybridized carbons (Fsp3) is 0.462. The van der Waals surface area contributed by atoms with E-state index in [0.717, 1.165) is 11.4 Å². The summed E-state index contributed by atoms with van der Waals surface area (Å²) in [6.07, 6.45) is 0.162. The van der Waals surface area contributed by atoms with Crippen LogP contribution in [0.15, 0.2) is 24.3 Å². The van der Waals surface area contributed by atoms with Gasteiger partial charge in [0.25, 0.3) is 0 Å². The molecule has 4 nitrogen and oxygen atoms in total.